The van der Waals surface area contributed by atoms with Crippen molar-refractivity contribution in [3.8, 4) is 0 Å². The smallest absolute Gasteiger partial charge is 0.0922 e. The van der Waals surface area contributed by atoms with E-state index in [0.717, 1.165) is 5.69 Å². The van der Waals surface area contributed by atoms with Gasteiger partial charge in [0, 0.05) is 6.20 Å². The molecule has 0 radical (unpaired) electrons. The van der Waals surface area contributed by atoms with E-state index >= 15 is 0 Å². The quantitative estimate of drug-likeness (QED) is 0.537. The molecule has 0 aliphatic heterocycles. The SMILES string of the molecule is CCCC[PH](CC)(CCCC)CCCC.Cc1c[nH]cn1. The number of hydrogen-bond donors (Lipinski definition) is 1. The summed E-state index contributed by atoms with van der Waals surface area (Å²) in [6.45, 7) is 11.4. The molecule has 0 fully saturated rings. The van der Waals surface area contributed by atoms with Crippen LogP contribution in [0, 0.1) is 6.92 Å². The van der Waals surface area contributed by atoms with Crippen LogP contribution in [0.25, 0.3) is 0 Å². The molecule has 0 aliphatic rings. The Kier molecular flexibility index (Phi) is 13.1. The van der Waals surface area contributed by atoms with Crippen LogP contribution in [0.5, 0.6) is 0 Å². The van der Waals surface area contributed by atoms with Crippen molar-refractivity contribution >= 4 is 7.26 Å². The van der Waals surface area contributed by atoms with Crippen molar-refractivity contribution in [2.75, 3.05) is 24.6 Å². The Morgan fingerprint density at radius 1 is 0.905 bits per heavy atom. The number of aromatic nitrogens is 2. The number of aromatic amines is 1. The first-order valence-electron chi connectivity index (χ1n) is 9.09. The Labute approximate surface area is 133 Å². The van der Waals surface area contributed by atoms with Crippen LogP contribution in [-0.2, 0) is 0 Å². The maximum atomic E-state index is 3.86. The summed E-state index contributed by atoms with van der Waals surface area (Å²) >= 11 is 0. The van der Waals surface area contributed by atoms with Gasteiger partial charge in [0.2, 0.25) is 0 Å². The molecular weight excluding hydrogens is 275 g/mol. The van der Waals surface area contributed by atoms with Crippen molar-refractivity contribution in [2.24, 2.45) is 0 Å². The Bertz CT molecular complexity index is 287. The number of hydrogen-bond acceptors (Lipinski definition) is 1. The van der Waals surface area contributed by atoms with Gasteiger partial charge in [0.05, 0.1) is 12.0 Å². The van der Waals surface area contributed by atoms with Crippen molar-refractivity contribution in [3.05, 3.63) is 18.2 Å². The van der Waals surface area contributed by atoms with Gasteiger partial charge in [-0.05, 0) is 6.92 Å². The van der Waals surface area contributed by atoms with Crippen LogP contribution in [0.2, 0.25) is 0 Å². The molecule has 2 nitrogen and oxygen atoms in total. The van der Waals surface area contributed by atoms with Crippen LogP contribution in [0.1, 0.15) is 71.9 Å². The summed E-state index contributed by atoms with van der Waals surface area (Å²) in [5, 5.41) is 0. The molecule has 1 heterocycles. The van der Waals surface area contributed by atoms with E-state index in [9.17, 15) is 0 Å². The third kappa shape index (κ3) is 10.1. The summed E-state index contributed by atoms with van der Waals surface area (Å²) in [7, 11) is -0.832. The van der Waals surface area contributed by atoms with E-state index in [-0.39, 0.29) is 0 Å². The van der Waals surface area contributed by atoms with Gasteiger partial charge in [-0.2, -0.15) is 0 Å². The van der Waals surface area contributed by atoms with E-state index in [1.165, 1.54) is 44.7 Å². The van der Waals surface area contributed by atoms with Gasteiger partial charge in [-0.15, -0.1) is 0 Å². The number of nitrogens with zero attached hydrogens (tertiary/aromatic N) is 1. The van der Waals surface area contributed by atoms with Crippen molar-refractivity contribution < 1.29 is 0 Å². The third-order valence-corrected chi connectivity index (χ3v) is 10.3. The molecule has 3 heteroatoms. The molecule has 0 aliphatic carbocycles. The fourth-order valence-corrected chi connectivity index (χ4v) is 8.02. The first kappa shape index (κ1) is 20.6. The largest absolute Gasteiger partial charge is 0.351 e. The van der Waals surface area contributed by atoms with Gasteiger partial charge < -0.3 is 4.98 Å². The maximum absolute atomic E-state index is 3.86. The zero-order chi connectivity index (χ0) is 16.0. The monoisotopic (exact) mass is 314 g/mol. The summed E-state index contributed by atoms with van der Waals surface area (Å²) in [6, 6.07) is 0. The van der Waals surface area contributed by atoms with Gasteiger partial charge in [0.25, 0.3) is 0 Å². The molecule has 1 aromatic heterocycles. The predicted octanol–water partition coefficient (Wildman–Crippen LogP) is 5.87. The second kappa shape index (κ2) is 13.3. The molecule has 21 heavy (non-hydrogen) atoms. The zero-order valence-corrected chi connectivity index (χ0v) is 16.2. The van der Waals surface area contributed by atoms with Gasteiger partial charge in [-0.3, -0.25) is 0 Å². The van der Waals surface area contributed by atoms with Gasteiger partial charge >= 0.3 is 98.1 Å². The summed E-state index contributed by atoms with van der Waals surface area (Å²) < 4.78 is 0. The minimum atomic E-state index is -0.832. The fraction of sp³-hybridized carbons (Fsp3) is 0.833. The van der Waals surface area contributed by atoms with E-state index < -0.39 is 7.26 Å². The summed E-state index contributed by atoms with van der Waals surface area (Å²) in [5.74, 6) is 0. The Morgan fingerprint density at radius 3 is 1.57 bits per heavy atom. The van der Waals surface area contributed by atoms with Crippen LogP contribution in [0.3, 0.4) is 0 Å². The molecule has 1 rings (SSSR count). The first-order chi connectivity index (χ1) is 10.1. The number of unbranched alkanes of at least 4 members (excludes halogenated alkanes) is 3. The molecule has 0 saturated carbocycles. The van der Waals surface area contributed by atoms with Crippen molar-refractivity contribution in [1.82, 2.24) is 9.97 Å². The molecule has 0 aromatic carbocycles. The minimum Gasteiger partial charge on any atom is -0.351 e. The van der Waals surface area contributed by atoms with E-state index in [1.807, 2.05) is 13.1 Å². The third-order valence-electron chi connectivity index (χ3n) is 4.57. The second-order valence-corrected chi connectivity index (χ2v) is 11.6. The van der Waals surface area contributed by atoms with E-state index in [4.69, 9.17) is 0 Å². The standard InChI is InChI=1S/C14H33P.C4H6N2/c1-5-9-12-15(8-4,13-10-6-2)14-11-7-3;1-4-2-5-3-6-4/h15H,5-14H2,1-4H3;2-3H,1H3,(H,5,6). The van der Waals surface area contributed by atoms with Crippen LogP contribution < -0.4 is 0 Å². The van der Waals surface area contributed by atoms with Gasteiger partial charge in [0.1, 0.15) is 0 Å². The number of H-pyrrole nitrogens is 1. The first-order valence-corrected chi connectivity index (χ1v) is 11.9. The Morgan fingerprint density at radius 2 is 1.38 bits per heavy atom. The predicted molar refractivity (Wildman–Crippen MR) is 102 cm³/mol. The summed E-state index contributed by atoms with van der Waals surface area (Å²) in [4.78, 5) is 6.68. The Balaban J connectivity index is 0.000000547. The van der Waals surface area contributed by atoms with Crippen LogP contribution in [0.15, 0.2) is 12.5 Å². The van der Waals surface area contributed by atoms with E-state index in [1.54, 1.807) is 24.8 Å². The fourth-order valence-electron chi connectivity index (χ4n) is 2.89. The Hall–Kier alpha value is -0.360. The second-order valence-electron chi connectivity index (χ2n) is 6.37. The van der Waals surface area contributed by atoms with Gasteiger partial charge in [-0.1, -0.05) is 0 Å². The average molecular weight is 314 g/mol. The van der Waals surface area contributed by atoms with Crippen molar-refractivity contribution in [3.63, 3.8) is 0 Å². The molecule has 0 saturated heterocycles. The van der Waals surface area contributed by atoms with Gasteiger partial charge in [0.15, 0.2) is 0 Å². The van der Waals surface area contributed by atoms with Crippen LogP contribution >= 0.6 is 7.26 Å². The number of rotatable bonds is 10. The normalized spacial score (nSPS) is 11.9. The minimum absolute atomic E-state index is 0.832. The molecule has 0 spiro atoms. The maximum Gasteiger partial charge on any atom is 0.0922 e. The molecule has 0 bridgehead atoms. The molecular formula is C18H39N2P. The average Bonchev–Trinajstić information content (AvgIpc) is 2.99. The number of aryl methyl sites for hydroxylation is 1. The number of imidazole rings is 1. The molecule has 0 atom stereocenters. The molecule has 1 N–H and O–H groups in total. The summed E-state index contributed by atoms with van der Waals surface area (Å²) in [6.07, 6.45) is 18.5. The molecule has 126 valence electrons. The zero-order valence-electron chi connectivity index (χ0n) is 15.2. The molecule has 0 amide bonds. The van der Waals surface area contributed by atoms with E-state index in [2.05, 4.69) is 37.7 Å². The topological polar surface area (TPSA) is 28.7 Å². The van der Waals surface area contributed by atoms with Crippen molar-refractivity contribution in [2.45, 2.75) is 73.1 Å². The molecule has 0 unspecified atom stereocenters. The van der Waals surface area contributed by atoms with Crippen LogP contribution in [0.4, 0.5) is 0 Å². The molecule has 1 aromatic rings. The number of nitrogens with one attached hydrogen (secondary N) is 1. The summed E-state index contributed by atoms with van der Waals surface area (Å²) in [5.41, 5.74) is 1.04. The van der Waals surface area contributed by atoms with Crippen molar-refractivity contribution in [1.29, 1.82) is 0 Å². The van der Waals surface area contributed by atoms with Crippen LogP contribution in [-0.4, -0.2) is 34.6 Å². The van der Waals surface area contributed by atoms with E-state index in [0.29, 0.717) is 0 Å². The van der Waals surface area contributed by atoms with Gasteiger partial charge in [-0.25, -0.2) is 4.98 Å².